The summed E-state index contributed by atoms with van der Waals surface area (Å²) < 4.78 is 1.05. The standard InChI is InChI=1S/C19H21BrN2O/c1-12(2)19-21-16(13-6-5-7-14(20)10-13)11-17(22-19)15-8-3-4-9-18(15)23/h3-10,12,17,19,22-23H,11H2,1-2H3/t17-,19+/m0/s1. The fraction of sp³-hybridized carbons (Fsp3) is 0.316. The van der Waals surface area contributed by atoms with E-state index >= 15 is 0 Å². The Bertz CT molecular complexity index is 727. The second-order valence-electron chi connectivity index (χ2n) is 6.26. The molecule has 0 radical (unpaired) electrons. The van der Waals surface area contributed by atoms with Gasteiger partial charge in [0.1, 0.15) is 11.9 Å². The largest absolute Gasteiger partial charge is 0.508 e. The molecule has 120 valence electrons. The van der Waals surface area contributed by atoms with E-state index in [1.807, 2.05) is 30.3 Å². The first-order valence-electron chi connectivity index (χ1n) is 7.91. The second kappa shape index (κ2) is 6.85. The van der Waals surface area contributed by atoms with Gasteiger partial charge in [0.25, 0.3) is 0 Å². The van der Waals surface area contributed by atoms with E-state index in [-0.39, 0.29) is 12.2 Å². The molecule has 0 saturated carbocycles. The second-order valence-corrected chi connectivity index (χ2v) is 7.17. The molecule has 1 aliphatic rings. The van der Waals surface area contributed by atoms with Crippen molar-refractivity contribution in [3.8, 4) is 5.75 Å². The van der Waals surface area contributed by atoms with Gasteiger partial charge in [0.05, 0.1) is 0 Å². The molecule has 0 spiro atoms. The van der Waals surface area contributed by atoms with E-state index in [0.29, 0.717) is 11.7 Å². The summed E-state index contributed by atoms with van der Waals surface area (Å²) in [6.07, 6.45) is 0.805. The van der Waals surface area contributed by atoms with Gasteiger partial charge in [-0.3, -0.25) is 10.3 Å². The third-order valence-corrected chi connectivity index (χ3v) is 4.66. The van der Waals surface area contributed by atoms with Gasteiger partial charge in [-0.1, -0.05) is 60.1 Å². The molecule has 2 aromatic rings. The maximum Gasteiger partial charge on any atom is 0.120 e. The molecule has 0 saturated heterocycles. The van der Waals surface area contributed by atoms with Gasteiger partial charge < -0.3 is 5.11 Å². The fourth-order valence-electron chi connectivity index (χ4n) is 2.90. The molecule has 0 amide bonds. The van der Waals surface area contributed by atoms with Gasteiger partial charge in [-0.25, -0.2) is 0 Å². The zero-order chi connectivity index (χ0) is 16.4. The molecule has 2 N–H and O–H groups in total. The van der Waals surface area contributed by atoms with Gasteiger partial charge in [0.2, 0.25) is 0 Å². The zero-order valence-electron chi connectivity index (χ0n) is 13.3. The molecule has 23 heavy (non-hydrogen) atoms. The van der Waals surface area contributed by atoms with E-state index < -0.39 is 0 Å². The van der Waals surface area contributed by atoms with Crippen molar-refractivity contribution in [2.75, 3.05) is 0 Å². The maximum atomic E-state index is 10.2. The van der Waals surface area contributed by atoms with Crippen LogP contribution in [0, 0.1) is 5.92 Å². The Balaban J connectivity index is 1.98. The van der Waals surface area contributed by atoms with E-state index in [2.05, 4.69) is 47.2 Å². The number of halogens is 1. The molecule has 0 aliphatic carbocycles. The fourth-order valence-corrected chi connectivity index (χ4v) is 3.30. The van der Waals surface area contributed by atoms with Crippen LogP contribution in [-0.4, -0.2) is 17.0 Å². The number of aromatic hydroxyl groups is 1. The maximum absolute atomic E-state index is 10.2. The van der Waals surface area contributed by atoms with Crippen LogP contribution in [0.2, 0.25) is 0 Å². The molecule has 0 unspecified atom stereocenters. The van der Waals surface area contributed by atoms with Gasteiger partial charge in [-0.05, 0) is 29.7 Å². The molecule has 2 atom stereocenters. The predicted molar refractivity (Wildman–Crippen MR) is 97.9 cm³/mol. The molecule has 1 aliphatic heterocycles. The Morgan fingerprint density at radius 1 is 1.17 bits per heavy atom. The molecule has 4 heteroatoms. The number of phenols is 1. The number of rotatable bonds is 3. The third kappa shape index (κ3) is 3.65. The molecular weight excluding hydrogens is 352 g/mol. The van der Waals surface area contributed by atoms with Crippen LogP contribution in [0.25, 0.3) is 0 Å². The highest BCUT2D eigenvalue weighted by molar-refractivity contribution is 9.10. The summed E-state index contributed by atoms with van der Waals surface area (Å²) in [5.41, 5.74) is 3.14. The lowest BCUT2D eigenvalue weighted by molar-refractivity contribution is 0.345. The van der Waals surface area contributed by atoms with Crippen LogP contribution in [0.4, 0.5) is 0 Å². The van der Waals surface area contributed by atoms with Gasteiger partial charge in [-0.15, -0.1) is 0 Å². The normalized spacial score (nSPS) is 21.3. The average molecular weight is 373 g/mol. The smallest absolute Gasteiger partial charge is 0.120 e. The lowest BCUT2D eigenvalue weighted by Crippen LogP contribution is -2.41. The summed E-state index contributed by atoms with van der Waals surface area (Å²) in [6, 6.07) is 15.8. The van der Waals surface area contributed by atoms with Crippen LogP contribution < -0.4 is 5.32 Å². The summed E-state index contributed by atoms with van der Waals surface area (Å²) in [5.74, 6) is 0.716. The van der Waals surface area contributed by atoms with Crippen molar-refractivity contribution in [2.45, 2.75) is 32.5 Å². The number of hydrogen-bond acceptors (Lipinski definition) is 3. The number of nitrogens with zero attached hydrogens (tertiary/aromatic N) is 1. The summed E-state index contributed by atoms with van der Waals surface area (Å²) in [7, 11) is 0. The van der Waals surface area contributed by atoms with Crippen molar-refractivity contribution >= 4 is 21.6 Å². The van der Waals surface area contributed by atoms with Crippen molar-refractivity contribution in [2.24, 2.45) is 10.9 Å². The topological polar surface area (TPSA) is 44.6 Å². The Hall–Kier alpha value is -1.65. The molecule has 3 rings (SSSR count). The first-order valence-corrected chi connectivity index (χ1v) is 8.70. The van der Waals surface area contributed by atoms with Crippen molar-refractivity contribution < 1.29 is 5.11 Å². The molecular formula is C19H21BrN2O. The van der Waals surface area contributed by atoms with Gasteiger partial charge in [0, 0.05) is 28.2 Å². The van der Waals surface area contributed by atoms with Crippen molar-refractivity contribution in [1.29, 1.82) is 0 Å². The summed E-state index contributed by atoms with van der Waals surface area (Å²) in [5, 5.41) is 13.8. The zero-order valence-corrected chi connectivity index (χ0v) is 14.9. The number of hydrogen-bond donors (Lipinski definition) is 2. The van der Waals surface area contributed by atoms with E-state index in [0.717, 1.165) is 27.7 Å². The molecule has 2 aromatic carbocycles. The summed E-state index contributed by atoms with van der Waals surface area (Å²) in [4.78, 5) is 4.90. The molecule has 1 heterocycles. The first kappa shape index (κ1) is 16.2. The Morgan fingerprint density at radius 3 is 2.65 bits per heavy atom. The van der Waals surface area contributed by atoms with Gasteiger partial charge in [-0.2, -0.15) is 0 Å². The SMILES string of the molecule is CC(C)[C@@H]1N=C(c2cccc(Br)c2)C[C@@H](c2ccccc2O)N1. The monoisotopic (exact) mass is 372 g/mol. The highest BCUT2D eigenvalue weighted by Gasteiger charge is 2.28. The minimum atomic E-state index is 0.0438. The Labute approximate surface area is 145 Å². The molecule has 0 fully saturated rings. The Kier molecular flexibility index (Phi) is 4.83. The van der Waals surface area contributed by atoms with Crippen LogP contribution in [0.3, 0.4) is 0 Å². The van der Waals surface area contributed by atoms with Gasteiger partial charge in [0.15, 0.2) is 0 Å². The lowest BCUT2D eigenvalue weighted by atomic mass is 9.93. The number of phenolic OH excluding ortho intramolecular Hbond substituents is 1. The molecule has 3 nitrogen and oxygen atoms in total. The average Bonchev–Trinajstić information content (AvgIpc) is 2.55. The summed E-state index contributed by atoms with van der Waals surface area (Å²) in [6.45, 7) is 4.32. The van der Waals surface area contributed by atoms with E-state index in [1.165, 1.54) is 0 Å². The van der Waals surface area contributed by atoms with Crippen LogP contribution in [0.5, 0.6) is 5.75 Å². The van der Waals surface area contributed by atoms with E-state index in [1.54, 1.807) is 6.07 Å². The first-order chi connectivity index (χ1) is 11.0. The van der Waals surface area contributed by atoms with Crippen molar-refractivity contribution in [3.63, 3.8) is 0 Å². The quantitative estimate of drug-likeness (QED) is 0.822. The molecule has 0 aromatic heterocycles. The van der Waals surface area contributed by atoms with Crippen LogP contribution >= 0.6 is 15.9 Å². The van der Waals surface area contributed by atoms with Crippen molar-refractivity contribution in [3.05, 3.63) is 64.1 Å². The van der Waals surface area contributed by atoms with Crippen LogP contribution in [0.1, 0.15) is 37.4 Å². The number of benzene rings is 2. The minimum absolute atomic E-state index is 0.0438. The minimum Gasteiger partial charge on any atom is -0.508 e. The number of para-hydroxylation sites is 1. The number of nitrogens with one attached hydrogen (secondary N) is 1. The third-order valence-electron chi connectivity index (χ3n) is 4.17. The highest BCUT2D eigenvalue weighted by atomic mass is 79.9. The van der Waals surface area contributed by atoms with E-state index in [4.69, 9.17) is 4.99 Å². The lowest BCUT2D eigenvalue weighted by Gasteiger charge is -2.32. The van der Waals surface area contributed by atoms with Gasteiger partial charge >= 0.3 is 0 Å². The predicted octanol–water partition coefficient (Wildman–Crippen LogP) is 4.66. The Morgan fingerprint density at radius 2 is 1.96 bits per heavy atom. The van der Waals surface area contributed by atoms with Crippen molar-refractivity contribution in [1.82, 2.24) is 5.32 Å². The number of aliphatic imine (C=N–C) groups is 1. The van der Waals surface area contributed by atoms with Crippen LogP contribution in [0.15, 0.2) is 58.0 Å². The molecule has 0 bridgehead atoms. The van der Waals surface area contributed by atoms with E-state index in [9.17, 15) is 5.11 Å². The summed E-state index contributed by atoms with van der Waals surface area (Å²) >= 11 is 3.53. The highest BCUT2D eigenvalue weighted by Crippen LogP contribution is 2.32. The van der Waals surface area contributed by atoms with Crippen LogP contribution in [-0.2, 0) is 0 Å².